The molecule has 0 saturated heterocycles. The van der Waals surface area contributed by atoms with Gasteiger partial charge in [-0.2, -0.15) is 4.31 Å². The molecule has 25 heavy (non-hydrogen) atoms. The first-order valence-electron chi connectivity index (χ1n) is 7.36. The second kappa shape index (κ2) is 8.70. The number of hydrogen-bond donors (Lipinski definition) is 2. The van der Waals surface area contributed by atoms with E-state index in [1.807, 2.05) is 0 Å². The van der Waals surface area contributed by atoms with Crippen LogP contribution < -0.4 is 10.6 Å². The summed E-state index contributed by atoms with van der Waals surface area (Å²) in [7, 11) is -2.33. The van der Waals surface area contributed by atoms with Crippen LogP contribution in [0.25, 0.3) is 0 Å². The van der Waals surface area contributed by atoms with Crippen molar-refractivity contribution in [3.8, 4) is 0 Å². The fraction of sp³-hybridized carbons (Fsp3) is 0.267. The van der Waals surface area contributed by atoms with Gasteiger partial charge in [-0.1, -0.05) is 6.07 Å². The highest BCUT2D eigenvalue weighted by atomic mass is 32.2. The number of nitrogens with zero attached hydrogens (tertiary/aromatic N) is 2. The maximum atomic E-state index is 12.2. The van der Waals surface area contributed by atoms with E-state index in [-0.39, 0.29) is 29.6 Å². The summed E-state index contributed by atoms with van der Waals surface area (Å²) in [6.45, 7) is -0.206. The Kier molecular flexibility index (Phi) is 6.62. The fourth-order valence-corrected chi connectivity index (χ4v) is 4.21. The van der Waals surface area contributed by atoms with Crippen molar-refractivity contribution in [2.45, 2.75) is 10.6 Å². The molecular weight excluding hydrogens is 364 g/mol. The summed E-state index contributed by atoms with van der Waals surface area (Å²) in [6.07, 6.45) is 3.18. The van der Waals surface area contributed by atoms with Gasteiger partial charge >= 0.3 is 0 Å². The van der Waals surface area contributed by atoms with Gasteiger partial charge in [0.05, 0.1) is 18.4 Å². The minimum absolute atomic E-state index is 0.0715. The first kappa shape index (κ1) is 19.0. The molecule has 0 aliphatic heterocycles. The zero-order valence-corrected chi connectivity index (χ0v) is 15.1. The summed E-state index contributed by atoms with van der Waals surface area (Å²) in [6, 6.07) is 6.51. The Hall–Kier alpha value is -2.30. The van der Waals surface area contributed by atoms with Crippen LogP contribution in [0, 0.1) is 0 Å². The molecule has 0 aromatic carbocycles. The largest absolute Gasteiger partial charge is 0.354 e. The topological polar surface area (TPSA) is 108 Å². The zero-order chi connectivity index (χ0) is 18.3. The Labute approximate surface area is 149 Å². The highest BCUT2D eigenvalue weighted by Crippen LogP contribution is 2.19. The lowest BCUT2D eigenvalue weighted by molar-refractivity contribution is -0.121. The molecular formula is C15H18N4O4S2. The SMILES string of the molecule is CN(CC(=O)NCCC(=O)Nc1cccnc1)S(=O)(=O)c1cccs1. The molecule has 134 valence electrons. The smallest absolute Gasteiger partial charge is 0.252 e. The molecule has 2 aromatic rings. The van der Waals surface area contributed by atoms with Crippen LogP contribution >= 0.6 is 11.3 Å². The minimum Gasteiger partial charge on any atom is -0.354 e. The summed E-state index contributed by atoms with van der Waals surface area (Å²) in [5.74, 6) is -0.746. The summed E-state index contributed by atoms with van der Waals surface area (Å²) in [5.41, 5.74) is 0.570. The highest BCUT2D eigenvalue weighted by molar-refractivity contribution is 7.91. The van der Waals surface area contributed by atoms with Gasteiger partial charge in [0.1, 0.15) is 4.21 Å². The van der Waals surface area contributed by atoms with Crippen molar-refractivity contribution in [2.24, 2.45) is 0 Å². The molecule has 8 nitrogen and oxygen atoms in total. The molecule has 0 bridgehead atoms. The lowest BCUT2D eigenvalue weighted by Crippen LogP contribution is -2.39. The number of hydrogen-bond acceptors (Lipinski definition) is 6. The van der Waals surface area contributed by atoms with Gasteiger partial charge < -0.3 is 10.6 Å². The highest BCUT2D eigenvalue weighted by Gasteiger charge is 2.23. The second-order valence-corrected chi connectivity index (χ2v) is 8.30. The average molecular weight is 382 g/mol. The van der Waals surface area contributed by atoms with Crippen LogP contribution in [0.5, 0.6) is 0 Å². The van der Waals surface area contributed by atoms with Gasteiger partial charge in [-0.15, -0.1) is 11.3 Å². The van der Waals surface area contributed by atoms with Crippen LogP contribution in [0.15, 0.2) is 46.2 Å². The molecule has 2 rings (SSSR count). The van der Waals surface area contributed by atoms with E-state index >= 15 is 0 Å². The molecule has 0 fully saturated rings. The zero-order valence-electron chi connectivity index (χ0n) is 13.5. The van der Waals surface area contributed by atoms with Crippen LogP contribution in [0.2, 0.25) is 0 Å². The molecule has 0 spiro atoms. The predicted molar refractivity (Wildman–Crippen MR) is 94.6 cm³/mol. The number of sulfonamides is 1. The first-order chi connectivity index (χ1) is 11.9. The van der Waals surface area contributed by atoms with Gasteiger partial charge in [-0.3, -0.25) is 14.6 Å². The number of likely N-dealkylation sites (N-methyl/N-ethyl adjacent to an activating group) is 1. The first-order valence-corrected chi connectivity index (χ1v) is 9.68. The van der Waals surface area contributed by atoms with E-state index in [1.165, 1.54) is 19.3 Å². The molecule has 10 heteroatoms. The van der Waals surface area contributed by atoms with Gasteiger partial charge in [0.25, 0.3) is 10.0 Å². The van der Waals surface area contributed by atoms with E-state index in [1.54, 1.807) is 29.8 Å². The molecule has 0 unspecified atom stereocenters. The van der Waals surface area contributed by atoms with Crippen molar-refractivity contribution in [2.75, 3.05) is 25.5 Å². The van der Waals surface area contributed by atoms with Crippen LogP contribution in [0.4, 0.5) is 5.69 Å². The third-order valence-electron chi connectivity index (χ3n) is 3.15. The number of carbonyl (C=O) groups excluding carboxylic acids is 2. The number of nitrogens with one attached hydrogen (secondary N) is 2. The molecule has 0 radical (unpaired) electrons. The maximum Gasteiger partial charge on any atom is 0.252 e. The standard InChI is InChI=1S/C15H18N4O4S2/c1-19(25(22,23)15-5-3-9-24-15)11-14(21)17-8-6-13(20)18-12-4-2-7-16-10-12/h2-5,7,9-10H,6,8,11H2,1H3,(H,17,21)(H,18,20). The molecule has 0 aliphatic carbocycles. The van der Waals surface area contributed by atoms with Gasteiger partial charge in [-0.25, -0.2) is 8.42 Å². The Morgan fingerprint density at radius 3 is 2.68 bits per heavy atom. The minimum atomic E-state index is -3.67. The van der Waals surface area contributed by atoms with Gasteiger partial charge in [0, 0.05) is 26.2 Å². The fourth-order valence-electron chi connectivity index (χ4n) is 1.88. The molecule has 2 amide bonds. The second-order valence-electron chi connectivity index (χ2n) is 5.08. The summed E-state index contributed by atoms with van der Waals surface area (Å²) < 4.78 is 25.6. The predicted octanol–water partition coefficient (Wildman–Crippen LogP) is 0.909. The number of carbonyl (C=O) groups is 2. The number of rotatable bonds is 8. The number of pyridine rings is 1. The van der Waals surface area contributed by atoms with Gasteiger partial charge in [0.2, 0.25) is 11.8 Å². The van der Waals surface area contributed by atoms with E-state index < -0.39 is 15.9 Å². The average Bonchev–Trinajstić information content (AvgIpc) is 3.11. The van der Waals surface area contributed by atoms with Crippen molar-refractivity contribution in [1.29, 1.82) is 0 Å². The van der Waals surface area contributed by atoms with Gasteiger partial charge in [0.15, 0.2) is 0 Å². The Bertz CT molecular complexity index is 807. The van der Waals surface area contributed by atoms with E-state index in [0.29, 0.717) is 5.69 Å². The molecule has 0 aliphatic rings. The normalized spacial score (nSPS) is 11.3. The third kappa shape index (κ3) is 5.62. The van der Waals surface area contributed by atoms with Crippen molar-refractivity contribution >= 4 is 38.9 Å². The lowest BCUT2D eigenvalue weighted by Gasteiger charge is -2.15. The van der Waals surface area contributed by atoms with Crippen LogP contribution in [-0.4, -0.2) is 49.7 Å². The van der Waals surface area contributed by atoms with Crippen LogP contribution in [0.3, 0.4) is 0 Å². The van der Waals surface area contributed by atoms with Crippen LogP contribution in [0.1, 0.15) is 6.42 Å². The summed E-state index contributed by atoms with van der Waals surface area (Å²) in [4.78, 5) is 27.5. The Morgan fingerprint density at radius 2 is 2.04 bits per heavy atom. The Morgan fingerprint density at radius 1 is 1.24 bits per heavy atom. The summed E-state index contributed by atoms with van der Waals surface area (Å²) in [5, 5.41) is 6.83. The molecule has 2 heterocycles. The monoisotopic (exact) mass is 382 g/mol. The number of thiophene rings is 1. The lowest BCUT2D eigenvalue weighted by atomic mass is 10.3. The molecule has 0 atom stereocenters. The summed E-state index contributed by atoms with van der Waals surface area (Å²) >= 11 is 1.09. The third-order valence-corrected chi connectivity index (χ3v) is 6.32. The van der Waals surface area contributed by atoms with Crippen molar-refractivity contribution in [1.82, 2.24) is 14.6 Å². The number of amides is 2. The van der Waals surface area contributed by atoms with E-state index in [4.69, 9.17) is 0 Å². The van der Waals surface area contributed by atoms with E-state index in [2.05, 4.69) is 15.6 Å². The Balaban J connectivity index is 1.74. The van der Waals surface area contributed by atoms with Gasteiger partial charge in [-0.05, 0) is 23.6 Å². The van der Waals surface area contributed by atoms with Crippen molar-refractivity contribution in [3.05, 3.63) is 42.0 Å². The van der Waals surface area contributed by atoms with E-state index in [9.17, 15) is 18.0 Å². The van der Waals surface area contributed by atoms with Crippen molar-refractivity contribution < 1.29 is 18.0 Å². The van der Waals surface area contributed by atoms with Crippen LogP contribution in [-0.2, 0) is 19.6 Å². The molecule has 2 aromatic heterocycles. The quantitative estimate of drug-likeness (QED) is 0.705. The van der Waals surface area contributed by atoms with E-state index in [0.717, 1.165) is 15.6 Å². The molecule has 0 saturated carbocycles. The molecule has 2 N–H and O–H groups in total. The maximum absolute atomic E-state index is 12.2. The number of aromatic nitrogens is 1. The van der Waals surface area contributed by atoms with Crippen molar-refractivity contribution in [3.63, 3.8) is 0 Å². The number of anilines is 1.